The van der Waals surface area contributed by atoms with Crippen molar-refractivity contribution >= 4 is 5.78 Å². The van der Waals surface area contributed by atoms with Crippen LogP contribution in [0.4, 0.5) is 4.39 Å². The maximum atomic E-state index is 13.1. The molecule has 0 saturated carbocycles. The van der Waals surface area contributed by atoms with E-state index in [2.05, 4.69) is 18.7 Å². The molecule has 0 aliphatic carbocycles. The molecule has 1 aromatic rings. The van der Waals surface area contributed by atoms with Crippen LogP contribution in [-0.4, -0.2) is 29.8 Å². The van der Waals surface area contributed by atoms with Gasteiger partial charge in [0.2, 0.25) is 0 Å². The van der Waals surface area contributed by atoms with Crippen molar-refractivity contribution in [1.82, 2.24) is 4.90 Å². The van der Waals surface area contributed by atoms with Gasteiger partial charge in [0.15, 0.2) is 5.78 Å². The van der Waals surface area contributed by atoms with Crippen molar-refractivity contribution in [3.8, 4) is 0 Å². The largest absolute Gasteiger partial charge is 0.293 e. The predicted octanol–water partition coefficient (Wildman–Crippen LogP) is 3.13. The van der Waals surface area contributed by atoms with E-state index in [9.17, 15) is 9.18 Å². The van der Waals surface area contributed by atoms with Gasteiger partial charge in [-0.25, -0.2) is 4.39 Å². The molecule has 2 rings (SSSR count). The Bertz CT molecular complexity index is 432. The highest BCUT2D eigenvalue weighted by molar-refractivity contribution is 5.97. The standard InChI is InChI=1S/C15H20FNO/c1-11-6-7-17(12(2)8-11)10-15(18)13-4-3-5-14(16)9-13/h3-5,9,11-12H,6-8,10H2,1-2H3. The average molecular weight is 249 g/mol. The molecule has 1 aliphatic rings. The number of carbonyl (C=O) groups excluding carboxylic acids is 1. The monoisotopic (exact) mass is 249 g/mol. The van der Waals surface area contributed by atoms with Gasteiger partial charge in [-0.3, -0.25) is 9.69 Å². The first kappa shape index (κ1) is 13.2. The molecule has 0 radical (unpaired) electrons. The highest BCUT2D eigenvalue weighted by Crippen LogP contribution is 2.22. The van der Waals surface area contributed by atoms with Gasteiger partial charge in [0, 0.05) is 11.6 Å². The normalized spacial score (nSPS) is 25.1. The Morgan fingerprint density at radius 2 is 2.22 bits per heavy atom. The Balaban J connectivity index is 1.99. The number of carbonyl (C=O) groups is 1. The Morgan fingerprint density at radius 3 is 2.89 bits per heavy atom. The van der Waals surface area contributed by atoms with Crippen molar-refractivity contribution in [2.24, 2.45) is 5.92 Å². The molecule has 3 heteroatoms. The number of hydrogen-bond donors (Lipinski definition) is 0. The zero-order valence-electron chi connectivity index (χ0n) is 11.0. The van der Waals surface area contributed by atoms with Gasteiger partial charge in [-0.2, -0.15) is 0 Å². The molecule has 18 heavy (non-hydrogen) atoms. The number of nitrogens with zero attached hydrogens (tertiary/aromatic N) is 1. The lowest BCUT2D eigenvalue weighted by Crippen LogP contribution is -2.43. The van der Waals surface area contributed by atoms with E-state index >= 15 is 0 Å². The second-order valence-corrected chi connectivity index (χ2v) is 5.38. The summed E-state index contributed by atoms with van der Waals surface area (Å²) in [4.78, 5) is 14.3. The SMILES string of the molecule is CC1CCN(CC(=O)c2cccc(F)c2)C(C)C1. The first-order valence-electron chi connectivity index (χ1n) is 6.59. The number of ketones is 1. The molecule has 0 spiro atoms. The van der Waals surface area contributed by atoms with Crippen LogP contribution in [0.3, 0.4) is 0 Å². The summed E-state index contributed by atoms with van der Waals surface area (Å²) in [6, 6.07) is 6.39. The second kappa shape index (κ2) is 5.61. The number of benzene rings is 1. The number of likely N-dealkylation sites (tertiary alicyclic amines) is 1. The number of hydrogen-bond acceptors (Lipinski definition) is 2. The van der Waals surface area contributed by atoms with Crippen molar-refractivity contribution < 1.29 is 9.18 Å². The summed E-state index contributed by atoms with van der Waals surface area (Å²) in [7, 11) is 0. The molecule has 1 aliphatic heterocycles. The highest BCUT2D eigenvalue weighted by Gasteiger charge is 2.24. The van der Waals surface area contributed by atoms with Crippen molar-refractivity contribution in [2.75, 3.05) is 13.1 Å². The van der Waals surface area contributed by atoms with Crippen molar-refractivity contribution in [2.45, 2.75) is 32.7 Å². The third-order valence-corrected chi connectivity index (χ3v) is 3.77. The molecule has 1 aromatic carbocycles. The lowest BCUT2D eigenvalue weighted by molar-refractivity contribution is 0.0816. The maximum absolute atomic E-state index is 13.1. The van der Waals surface area contributed by atoms with E-state index < -0.39 is 0 Å². The third kappa shape index (κ3) is 3.16. The third-order valence-electron chi connectivity index (χ3n) is 3.77. The van der Waals surface area contributed by atoms with Crippen LogP contribution in [0.2, 0.25) is 0 Å². The van der Waals surface area contributed by atoms with E-state index in [0.717, 1.165) is 25.3 Å². The van der Waals surface area contributed by atoms with Crippen LogP contribution in [0.1, 0.15) is 37.0 Å². The van der Waals surface area contributed by atoms with Gasteiger partial charge >= 0.3 is 0 Å². The fourth-order valence-corrected chi connectivity index (χ4v) is 2.63. The molecule has 1 fully saturated rings. The Kier molecular flexibility index (Phi) is 4.12. The Hall–Kier alpha value is -1.22. The second-order valence-electron chi connectivity index (χ2n) is 5.38. The molecular formula is C15H20FNO. The van der Waals surface area contributed by atoms with Crippen molar-refractivity contribution in [3.63, 3.8) is 0 Å². The van der Waals surface area contributed by atoms with E-state index in [1.54, 1.807) is 12.1 Å². The van der Waals surface area contributed by atoms with Crippen LogP contribution in [0.5, 0.6) is 0 Å². The maximum Gasteiger partial charge on any atom is 0.176 e. The van der Waals surface area contributed by atoms with Crippen molar-refractivity contribution in [1.29, 1.82) is 0 Å². The molecule has 0 bridgehead atoms. The van der Waals surface area contributed by atoms with Gasteiger partial charge in [0.1, 0.15) is 5.82 Å². The summed E-state index contributed by atoms with van der Waals surface area (Å²) in [6.07, 6.45) is 2.28. The van der Waals surface area contributed by atoms with Gasteiger partial charge in [0.25, 0.3) is 0 Å². The van der Waals surface area contributed by atoms with Gasteiger partial charge in [-0.05, 0) is 44.4 Å². The number of halogens is 1. The smallest absolute Gasteiger partial charge is 0.176 e. The van der Waals surface area contributed by atoms with Crippen LogP contribution in [0, 0.1) is 11.7 Å². The van der Waals surface area contributed by atoms with Crippen LogP contribution < -0.4 is 0 Å². The Labute approximate surface area is 108 Å². The summed E-state index contributed by atoms with van der Waals surface area (Å²) < 4.78 is 13.1. The number of piperidine rings is 1. The van der Waals surface area contributed by atoms with E-state index in [1.807, 2.05) is 0 Å². The van der Waals surface area contributed by atoms with Crippen LogP contribution in [-0.2, 0) is 0 Å². The molecule has 1 saturated heterocycles. The lowest BCUT2D eigenvalue weighted by Gasteiger charge is -2.35. The summed E-state index contributed by atoms with van der Waals surface area (Å²) in [5.74, 6) is 0.401. The minimum atomic E-state index is -0.346. The quantitative estimate of drug-likeness (QED) is 0.767. The summed E-state index contributed by atoms with van der Waals surface area (Å²) in [5, 5.41) is 0. The van der Waals surface area contributed by atoms with E-state index in [0.29, 0.717) is 18.2 Å². The first-order valence-corrected chi connectivity index (χ1v) is 6.59. The molecular weight excluding hydrogens is 229 g/mol. The Morgan fingerprint density at radius 1 is 1.44 bits per heavy atom. The topological polar surface area (TPSA) is 20.3 Å². The number of rotatable bonds is 3. The van der Waals surface area contributed by atoms with Crippen LogP contribution in [0.25, 0.3) is 0 Å². The van der Waals surface area contributed by atoms with Gasteiger partial charge in [-0.15, -0.1) is 0 Å². The van der Waals surface area contributed by atoms with Crippen LogP contribution >= 0.6 is 0 Å². The van der Waals surface area contributed by atoms with Gasteiger partial charge < -0.3 is 0 Å². The molecule has 98 valence electrons. The minimum Gasteiger partial charge on any atom is -0.293 e. The molecule has 0 N–H and O–H groups in total. The lowest BCUT2D eigenvalue weighted by atomic mass is 9.93. The number of Topliss-reactive ketones (excluding diaryl/α,β-unsaturated/α-hetero) is 1. The van der Waals surface area contributed by atoms with E-state index in [-0.39, 0.29) is 11.6 Å². The molecule has 2 nitrogen and oxygen atoms in total. The van der Waals surface area contributed by atoms with Crippen LogP contribution in [0.15, 0.2) is 24.3 Å². The first-order chi connectivity index (χ1) is 8.56. The molecule has 0 amide bonds. The molecule has 2 unspecified atom stereocenters. The van der Waals surface area contributed by atoms with Gasteiger partial charge in [-0.1, -0.05) is 19.1 Å². The predicted molar refractivity (Wildman–Crippen MR) is 70.2 cm³/mol. The fraction of sp³-hybridized carbons (Fsp3) is 0.533. The summed E-state index contributed by atoms with van der Waals surface area (Å²) >= 11 is 0. The van der Waals surface area contributed by atoms with E-state index in [4.69, 9.17) is 0 Å². The zero-order chi connectivity index (χ0) is 13.1. The minimum absolute atomic E-state index is 0.0101. The average Bonchev–Trinajstić information content (AvgIpc) is 2.32. The molecule has 0 aromatic heterocycles. The summed E-state index contributed by atoms with van der Waals surface area (Å²) in [6.45, 7) is 5.78. The molecule has 2 atom stereocenters. The zero-order valence-corrected chi connectivity index (χ0v) is 11.0. The highest BCUT2D eigenvalue weighted by atomic mass is 19.1. The summed E-state index contributed by atoms with van der Waals surface area (Å²) in [5.41, 5.74) is 0.473. The van der Waals surface area contributed by atoms with Crippen molar-refractivity contribution in [3.05, 3.63) is 35.6 Å². The van der Waals surface area contributed by atoms with Gasteiger partial charge in [0.05, 0.1) is 6.54 Å². The molecule has 1 heterocycles. The van der Waals surface area contributed by atoms with E-state index in [1.165, 1.54) is 12.1 Å². The fourth-order valence-electron chi connectivity index (χ4n) is 2.63.